The number of thiocarbonyl (C=S) groups is 1. The SMILES string of the molecule is O=C(COc1ccc2ccccc2c1)NNC(=S)NC(=O)c1cc([N+](=O)[O-])cc([N+](=O)[O-])c1. The van der Waals surface area contributed by atoms with Gasteiger partial charge in [-0.15, -0.1) is 0 Å². The Morgan fingerprint density at radius 1 is 0.879 bits per heavy atom. The minimum Gasteiger partial charge on any atom is -0.484 e. The predicted octanol–water partition coefficient (Wildman–Crippen LogP) is 2.37. The standard InChI is InChI=1S/C20H15N5O7S/c26-18(11-32-17-6-5-12-3-1-2-4-13(12)9-17)22-23-20(33)21-19(27)14-7-15(24(28)29)10-16(8-14)25(30)31/h1-10H,11H2,(H,22,26)(H2,21,23,27,33). The van der Waals surface area contributed by atoms with Crippen LogP contribution >= 0.6 is 12.2 Å². The Balaban J connectivity index is 1.52. The molecule has 0 saturated carbocycles. The monoisotopic (exact) mass is 469 g/mol. The predicted molar refractivity (Wildman–Crippen MR) is 121 cm³/mol. The molecule has 0 saturated heterocycles. The third-order valence-corrected chi connectivity index (χ3v) is 4.42. The summed E-state index contributed by atoms with van der Waals surface area (Å²) in [6, 6.07) is 15.4. The Labute approximate surface area is 190 Å². The van der Waals surface area contributed by atoms with E-state index in [4.69, 9.17) is 17.0 Å². The molecule has 2 amide bonds. The molecule has 0 fully saturated rings. The third kappa shape index (κ3) is 6.18. The maximum absolute atomic E-state index is 12.2. The van der Waals surface area contributed by atoms with Crippen LogP contribution in [0.15, 0.2) is 60.7 Å². The van der Waals surface area contributed by atoms with Gasteiger partial charge < -0.3 is 4.74 Å². The van der Waals surface area contributed by atoms with Gasteiger partial charge in [-0.3, -0.25) is 46.0 Å². The highest BCUT2D eigenvalue weighted by Gasteiger charge is 2.20. The van der Waals surface area contributed by atoms with Gasteiger partial charge in [0.05, 0.1) is 21.5 Å². The fraction of sp³-hybridized carbons (Fsp3) is 0.0500. The van der Waals surface area contributed by atoms with Crippen LogP contribution in [0.4, 0.5) is 11.4 Å². The van der Waals surface area contributed by atoms with Crippen molar-refractivity contribution in [2.45, 2.75) is 0 Å². The molecule has 13 heteroatoms. The van der Waals surface area contributed by atoms with E-state index in [9.17, 15) is 29.8 Å². The number of benzene rings is 3. The minimum absolute atomic E-state index is 0.340. The number of nitro groups is 2. The van der Waals surface area contributed by atoms with Crippen LogP contribution in [0.3, 0.4) is 0 Å². The molecule has 0 spiro atoms. The summed E-state index contributed by atoms with van der Waals surface area (Å²) < 4.78 is 5.42. The van der Waals surface area contributed by atoms with Gasteiger partial charge in [-0.05, 0) is 35.1 Å². The van der Waals surface area contributed by atoms with Crippen molar-refractivity contribution < 1.29 is 24.2 Å². The van der Waals surface area contributed by atoms with Crippen LogP contribution in [0.25, 0.3) is 10.8 Å². The summed E-state index contributed by atoms with van der Waals surface area (Å²) in [4.78, 5) is 44.3. The number of carbonyl (C=O) groups excluding carboxylic acids is 2. The Bertz CT molecular complexity index is 1250. The lowest BCUT2D eigenvalue weighted by molar-refractivity contribution is -0.394. The second kappa shape index (κ2) is 10.1. The van der Waals surface area contributed by atoms with E-state index < -0.39 is 33.0 Å². The van der Waals surface area contributed by atoms with E-state index in [-0.39, 0.29) is 17.3 Å². The maximum Gasteiger partial charge on any atom is 0.277 e. The van der Waals surface area contributed by atoms with Gasteiger partial charge in [0.25, 0.3) is 23.2 Å². The number of hydrogen-bond donors (Lipinski definition) is 3. The van der Waals surface area contributed by atoms with Crippen LogP contribution in [-0.4, -0.2) is 33.4 Å². The zero-order valence-electron chi connectivity index (χ0n) is 16.6. The molecule has 0 aromatic heterocycles. The van der Waals surface area contributed by atoms with Crippen LogP contribution in [0.2, 0.25) is 0 Å². The first-order valence-electron chi connectivity index (χ1n) is 9.18. The molecule has 12 nitrogen and oxygen atoms in total. The summed E-state index contributed by atoms with van der Waals surface area (Å²) in [6.45, 7) is -0.348. The Morgan fingerprint density at radius 3 is 2.15 bits per heavy atom. The quantitative estimate of drug-likeness (QED) is 0.279. The summed E-state index contributed by atoms with van der Waals surface area (Å²) in [7, 11) is 0. The molecule has 168 valence electrons. The smallest absolute Gasteiger partial charge is 0.277 e. The molecule has 0 aliphatic carbocycles. The van der Waals surface area contributed by atoms with E-state index in [1.165, 1.54) is 0 Å². The van der Waals surface area contributed by atoms with Crippen molar-refractivity contribution in [2.24, 2.45) is 0 Å². The summed E-state index contributed by atoms with van der Waals surface area (Å²) in [5.41, 5.74) is 2.88. The zero-order chi connectivity index (χ0) is 24.0. The third-order valence-electron chi connectivity index (χ3n) is 4.22. The van der Waals surface area contributed by atoms with E-state index >= 15 is 0 Å². The number of nitro benzene ring substituents is 2. The number of hydrogen-bond acceptors (Lipinski definition) is 8. The van der Waals surface area contributed by atoms with Crippen LogP contribution in [0.1, 0.15) is 10.4 Å². The van der Waals surface area contributed by atoms with E-state index in [0.717, 1.165) is 29.0 Å². The average Bonchev–Trinajstić information content (AvgIpc) is 2.80. The molecule has 0 heterocycles. The molecule has 0 unspecified atom stereocenters. The second-order valence-corrected chi connectivity index (χ2v) is 6.91. The number of non-ortho nitro benzene ring substituents is 2. The number of hydrazine groups is 1. The van der Waals surface area contributed by atoms with E-state index in [1.54, 1.807) is 12.1 Å². The lowest BCUT2D eigenvalue weighted by Gasteiger charge is -2.11. The van der Waals surface area contributed by atoms with E-state index in [0.29, 0.717) is 5.75 Å². The fourth-order valence-electron chi connectivity index (χ4n) is 2.71. The van der Waals surface area contributed by atoms with Crippen LogP contribution < -0.4 is 20.9 Å². The summed E-state index contributed by atoms with van der Waals surface area (Å²) in [6.07, 6.45) is 0. The first-order valence-corrected chi connectivity index (χ1v) is 9.59. The molecule has 3 rings (SSSR count). The van der Waals surface area contributed by atoms with Crippen molar-refractivity contribution in [3.8, 4) is 5.75 Å². The summed E-state index contributed by atoms with van der Waals surface area (Å²) in [5, 5.41) is 25.6. The van der Waals surface area contributed by atoms with Crippen LogP contribution in [0.5, 0.6) is 5.75 Å². The molecule has 0 atom stereocenters. The lowest BCUT2D eigenvalue weighted by atomic mass is 10.1. The van der Waals surface area contributed by atoms with Crippen molar-refractivity contribution in [1.29, 1.82) is 0 Å². The number of fused-ring (bicyclic) bond motifs is 1. The van der Waals surface area contributed by atoms with Gasteiger partial charge in [0.1, 0.15) is 5.75 Å². The van der Waals surface area contributed by atoms with Gasteiger partial charge in [-0.2, -0.15) is 0 Å². The molecule has 0 aliphatic heterocycles. The van der Waals surface area contributed by atoms with Crippen LogP contribution in [0, 0.1) is 20.2 Å². The number of rotatable bonds is 6. The topological polar surface area (TPSA) is 166 Å². The highest BCUT2D eigenvalue weighted by molar-refractivity contribution is 7.80. The van der Waals surface area contributed by atoms with Crippen molar-refractivity contribution in [1.82, 2.24) is 16.2 Å². The highest BCUT2D eigenvalue weighted by Crippen LogP contribution is 2.23. The van der Waals surface area contributed by atoms with Gasteiger partial charge in [0, 0.05) is 12.1 Å². The number of nitrogens with zero attached hydrogens (tertiary/aromatic N) is 2. The molecule has 33 heavy (non-hydrogen) atoms. The Kier molecular flexibility index (Phi) is 7.05. The fourth-order valence-corrected chi connectivity index (χ4v) is 2.86. The van der Waals surface area contributed by atoms with Crippen molar-refractivity contribution >= 4 is 51.3 Å². The number of nitrogens with one attached hydrogen (secondary N) is 3. The largest absolute Gasteiger partial charge is 0.484 e. The normalized spacial score (nSPS) is 10.2. The van der Waals surface area contributed by atoms with Crippen LogP contribution in [-0.2, 0) is 4.79 Å². The first-order chi connectivity index (χ1) is 15.7. The molecular weight excluding hydrogens is 454 g/mol. The van der Waals surface area contributed by atoms with Gasteiger partial charge in [0.15, 0.2) is 11.7 Å². The number of amides is 2. The highest BCUT2D eigenvalue weighted by atomic mass is 32.1. The number of carbonyl (C=O) groups is 2. The van der Waals surface area contributed by atoms with E-state index in [2.05, 4.69) is 16.2 Å². The zero-order valence-corrected chi connectivity index (χ0v) is 17.5. The van der Waals surface area contributed by atoms with Gasteiger partial charge >= 0.3 is 0 Å². The maximum atomic E-state index is 12.2. The van der Waals surface area contributed by atoms with Gasteiger partial charge in [-0.1, -0.05) is 30.3 Å². The van der Waals surface area contributed by atoms with Crippen molar-refractivity contribution in [3.63, 3.8) is 0 Å². The molecule has 3 aromatic rings. The van der Waals surface area contributed by atoms with Gasteiger partial charge in [-0.25, -0.2) is 0 Å². The second-order valence-electron chi connectivity index (χ2n) is 6.51. The lowest BCUT2D eigenvalue weighted by Crippen LogP contribution is -2.49. The molecule has 3 N–H and O–H groups in total. The van der Waals surface area contributed by atoms with Crippen molar-refractivity contribution in [2.75, 3.05) is 6.61 Å². The molecule has 3 aromatic carbocycles. The molecule has 0 radical (unpaired) electrons. The Hall–Kier alpha value is -4.65. The minimum atomic E-state index is -0.944. The number of ether oxygens (including phenoxy) is 1. The molecule has 0 aliphatic rings. The molecular formula is C20H15N5O7S. The Morgan fingerprint density at radius 2 is 1.52 bits per heavy atom. The molecule has 0 bridgehead atoms. The van der Waals surface area contributed by atoms with Crippen molar-refractivity contribution in [3.05, 3.63) is 86.5 Å². The van der Waals surface area contributed by atoms with E-state index in [1.807, 2.05) is 30.3 Å². The summed E-state index contributed by atoms with van der Waals surface area (Å²) >= 11 is 4.88. The van der Waals surface area contributed by atoms with Gasteiger partial charge in [0.2, 0.25) is 0 Å². The first kappa shape index (κ1) is 23.0. The average molecular weight is 469 g/mol. The summed E-state index contributed by atoms with van der Waals surface area (Å²) in [5.74, 6) is -1.07.